The van der Waals surface area contributed by atoms with Gasteiger partial charge in [0.15, 0.2) is 0 Å². The quantitative estimate of drug-likeness (QED) is 0.915. The second-order valence-electron chi connectivity index (χ2n) is 4.96. The number of halogens is 1. The van der Waals surface area contributed by atoms with Crippen molar-refractivity contribution in [1.82, 2.24) is 4.90 Å². The number of hydrogen-bond donors (Lipinski definition) is 1. The average molecular weight is 268 g/mol. The number of nitrogens with zero attached hydrogens (tertiary/aromatic N) is 1. The number of likely N-dealkylation sites (tertiary alicyclic amines) is 1. The summed E-state index contributed by atoms with van der Waals surface area (Å²) in [5.41, 5.74) is 2.20. The van der Waals surface area contributed by atoms with Gasteiger partial charge in [-0.15, -0.1) is 0 Å². The van der Waals surface area contributed by atoms with Crippen LogP contribution in [0.4, 0.5) is 0 Å². The third-order valence-corrected chi connectivity index (χ3v) is 3.60. The van der Waals surface area contributed by atoms with Crippen molar-refractivity contribution >= 4 is 17.6 Å². The Hall–Kier alpha value is -1.06. The van der Waals surface area contributed by atoms with Crippen molar-refractivity contribution in [2.45, 2.75) is 38.8 Å². The highest BCUT2D eigenvalue weighted by Crippen LogP contribution is 2.22. The molecule has 98 valence electrons. The number of benzene rings is 1. The van der Waals surface area contributed by atoms with Gasteiger partial charge in [0.2, 0.25) is 0 Å². The van der Waals surface area contributed by atoms with E-state index in [-0.39, 0.29) is 6.04 Å². The Labute approximate surface area is 112 Å². The molecule has 3 nitrogen and oxygen atoms in total. The lowest BCUT2D eigenvalue weighted by atomic mass is 10.0. The maximum absolute atomic E-state index is 11.2. The molecule has 1 aromatic carbocycles. The Morgan fingerprint density at radius 2 is 2.22 bits per heavy atom. The molecule has 0 bridgehead atoms. The predicted molar refractivity (Wildman–Crippen MR) is 71.9 cm³/mol. The van der Waals surface area contributed by atoms with Gasteiger partial charge in [0.1, 0.15) is 6.04 Å². The van der Waals surface area contributed by atoms with Crippen molar-refractivity contribution in [3.63, 3.8) is 0 Å². The smallest absolute Gasteiger partial charge is 0.320 e. The van der Waals surface area contributed by atoms with E-state index in [1.54, 1.807) is 0 Å². The van der Waals surface area contributed by atoms with Crippen molar-refractivity contribution < 1.29 is 9.90 Å². The van der Waals surface area contributed by atoms with Crippen LogP contribution in [0.25, 0.3) is 0 Å². The zero-order chi connectivity index (χ0) is 13.1. The topological polar surface area (TPSA) is 40.5 Å². The summed E-state index contributed by atoms with van der Waals surface area (Å²) in [7, 11) is 0. The van der Waals surface area contributed by atoms with Crippen LogP contribution in [0.15, 0.2) is 18.2 Å². The van der Waals surface area contributed by atoms with Crippen molar-refractivity contribution in [2.24, 2.45) is 0 Å². The predicted octanol–water partition coefficient (Wildman–Crippen LogP) is 3.09. The van der Waals surface area contributed by atoms with Gasteiger partial charge in [-0.25, -0.2) is 0 Å². The molecule has 4 heteroatoms. The molecule has 1 saturated heterocycles. The van der Waals surface area contributed by atoms with Crippen LogP contribution < -0.4 is 0 Å². The minimum atomic E-state index is -0.714. The van der Waals surface area contributed by atoms with Gasteiger partial charge in [-0.2, -0.15) is 0 Å². The molecule has 1 aliphatic heterocycles. The minimum absolute atomic E-state index is 0.349. The molecule has 1 heterocycles. The van der Waals surface area contributed by atoms with Gasteiger partial charge in [0.25, 0.3) is 0 Å². The lowest BCUT2D eigenvalue weighted by molar-refractivity contribution is -0.144. The van der Waals surface area contributed by atoms with Crippen LogP contribution in [0.5, 0.6) is 0 Å². The second kappa shape index (κ2) is 5.72. The van der Waals surface area contributed by atoms with Crippen LogP contribution >= 0.6 is 11.6 Å². The van der Waals surface area contributed by atoms with Gasteiger partial charge in [-0.1, -0.05) is 24.1 Å². The van der Waals surface area contributed by atoms with Gasteiger partial charge >= 0.3 is 5.97 Å². The van der Waals surface area contributed by atoms with E-state index in [0.717, 1.165) is 36.9 Å². The normalized spacial score (nSPS) is 20.9. The Bertz CT molecular complexity index is 427. The lowest BCUT2D eigenvalue weighted by Gasteiger charge is -2.32. The second-order valence-corrected chi connectivity index (χ2v) is 5.39. The highest BCUT2D eigenvalue weighted by molar-refractivity contribution is 6.30. The van der Waals surface area contributed by atoms with Gasteiger partial charge in [0.05, 0.1) is 0 Å². The third-order valence-electron chi connectivity index (χ3n) is 3.39. The van der Waals surface area contributed by atoms with E-state index in [4.69, 9.17) is 11.6 Å². The maximum atomic E-state index is 11.2. The molecule has 0 amide bonds. The van der Waals surface area contributed by atoms with E-state index < -0.39 is 5.97 Å². The van der Waals surface area contributed by atoms with E-state index in [1.165, 1.54) is 0 Å². The first kappa shape index (κ1) is 13.4. The molecule has 0 radical (unpaired) electrons. The highest BCUT2D eigenvalue weighted by atomic mass is 35.5. The van der Waals surface area contributed by atoms with E-state index in [2.05, 4.69) is 6.07 Å². The first-order valence-electron chi connectivity index (χ1n) is 6.29. The summed E-state index contributed by atoms with van der Waals surface area (Å²) < 4.78 is 0. The number of carboxylic acid groups (broad SMARTS) is 1. The van der Waals surface area contributed by atoms with Crippen LogP contribution in [0.3, 0.4) is 0 Å². The zero-order valence-corrected chi connectivity index (χ0v) is 11.3. The molecule has 1 atom stereocenters. The zero-order valence-electron chi connectivity index (χ0n) is 10.5. The molecule has 1 aliphatic rings. The molecular formula is C14H18ClNO2. The molecule has 0 spiro atoms. The van der Waals surface area contributed by atoms with Crippen LogP contribution in [0.1, 0.15) is 30.4 Å². The Balaban J connectivity index is 2.13. The SMILES string of the molecule is Cc1cc(Cl)cc(CN2CCCCC2C(=O)O)c1. The number of rotatable bonds is 3. The van der Waals surface area contributed by atoms with Crippen molar-refractivity contribution in [3.05, 3.63) is 34.3 Å². The van der Waals surface area contributed by atoms with Crippen molar-refractivity contribution in [3.8, 4) is 0 Å². The first-order valence-corrected chi connectivity index (χ1v) is 6.67. The Kier molecular flexibility index (Phi) is 4.25. The fourth-order valence-electron chi connectivity index (χ4n) is 2.60. The number of aliphatic carboxylic acids is 1. The van der Waals surface area contributed by atoms with Crippen LogP contribution in [0.2, 0.25) is 5.02 Å². The maximum Gasteiger partial charge on any atom is 0.320 e. The molecular weight excluding hydrogens is 250 g/mol. The van der Waals surface area contributed by atoms with E-state index in [0.29, 0.717) is 11.6 Å². The number of hydrogen-bond acceptors (Lipinski definition) is 2. The standard InChI is InChI=1S/C14H18ClNO2/c1-10-6-11(8-12(15)7-10)9-16-5-3-2-4-13(16)14(17)18/h6-8,13H,2-5,9H2,1H3,(H,17,18). The number of piperidine rings is 1. The molecule has 2 rings (SSSR count). The van der Waals surface area contributed by atoms with Gasteiger partial charge in [0, 0.05) is 11.6 Å². The van der Waals surface area contributed by atoms with Crippen molar-refractivity contribution in [1.29, 1.82) is 0 Å². The fraction of sp³-hybridized carbons (Fsp3) is 0.500. The van der Waals surface area contributed by atoms with E-state index >= 15 is 0 Å². The summed E-state index contributed by atoms with van der Waals surface area (Å²) in [4.78, 5) is 13.3. The molecule has 1 aromatic rings. The van der Waals surface area contributed by atoms with E-state index in [1.807, 2.05) is 24.0 Å². The van der Waals surface area contributed by atoms with Crippen LogP contribution in [-0.4, -0.2) is 28.6 Å². The van der Waals surface area contributed by atoms with E-state index in [9.17, 15) is 9.90 Å². The molecule has 1 N–H and O–H groups in total. The van der Waals surface area contributed by atoms with Crippen LogP contribution in [-0.2, 0) is 11.3 Å². The number of aryl methyl sites for hydroxylation is 1. The molecule has 18 heavy (non-hydrogen) atoms. The fourth-order valence-corrected chi connectivity index (χ4v) is 2.91. The molecule has 0 aliphatic carbocycles. The largest absolute Gasteiger partial charge is 0.480 e. The lowest BCUT2D eigenvalue weighted by Crippen LogP contribution is -2.44. The summed E-state index contributed by atoms with van der Waals surface area (Å²) in [6.07, 6.45) is 2.82. The number of carbonyl (C=O) groups is 1. The molecule has 0 saturated carbocycles. The summed E-state index contributed by atoms with van der Waals surface area (Å²) >= 11 is 6.03. The Morgan fingerprint density at radius 3 is 2.89 bits per heavy atom. The van der Waals surface area contributed by atoms with Crippen LogP contribution in [0, 0.1) is 6.92 Å². The average Bonchev–Trinajstić information content (AvgIpc) is 2.27. The monoisotopic (exact) mass is 267 g/mol. The summed E-state index contributed by atoms with van der Waals surface area (Å²) in [5.74, 6) is -0.714. The minimum Gasteiger partial charge on any atom is -0.480 e. The number of carboxylic acids is 1. The summed E-state index contributed by atoms with van der Waals surface area (Å²) in [6.45, 7) is 3.52. The van der Waals surface area contributed by atoms with Gasteiger partial charge in [-0.3, -0.25) is 9.69 Å². The molecule has 1 unspecified atom stereocenters. The van der Waals surface area contributed by atoms with Gasteiger partial charge < -0.3 is 5.11 Å². The van der Waals surface area contributed by atoms with Gasteiger partial charge in [-0.05, 0) is 49.6 Å². The molecule has 1 fully saturated rings. The van der Waals surface area contributed by atoms with Crippen molar-refractivity contribution in [2.75, 3.05) is 6.54 Å². The molecule has 0 aromatic heterocycles. The summed E-state index contributed by atoms with van der Waals surface area (Å²) in [6, 6.07) is 5.55. The third kappa shape index (κ3) is 3.24. The Morgan fingerprint density at radius 1 is 1.44 bits per heavy atom. The summed E-state index contributed by atoms with van der Waals surface area (Å²) in [5, 5.41) is 9.94. The first-order chi connectivity index (χ1) is 8.56. The highest BCUT2D eigenvalue weighted by Gasteiger charge is 2.28.